The van der Waals surface area contributed by atoms with Gasteiger partial charge in [0.2, 0.25) is 11.8 Å². The highest BCUT2D eigenvalue weighted by Crippen LogP contribution is 2.25. The van der Waals surface area contributed by atoms with E-state index >= 15 is 0 Å². The number of halogens is 3. The van der Waals surface area contributed by atoms with Crippen LogP contribution in [0.1, 0.15) is 17.5 Å². The van der Waals surface area contributed by atoms with E-state index in [0.717, 1.165) is 37.1 Å². The Kier molecular flexibility index (Phi) is 6.61. The van der Waals surface area contributed by atoms with Crippen LogP contribution in [0.15, 0.2) is 42.5 Å². The standard InChI is InChI=1S/C21H22F3N3O3/c1-27(13-20(29)26-17-6-5-14-3-2-4-15(14)11-17)12-19(28)25-16-7-9-18(10-8-16)30-21(22,23)24/h5-11H,2-4,12-13H2,1H3,(H,25,28)(H,26,29). The summed E-state index contributed by atoms with van der Waals surface area (Å²) in [5.41, 5.74) is 3.64. The number of ether oxygens (including phenoxy) is 1. The lowest BCUT2D eigenvalue weighted by molar-refractivity contribution is -0.274. The highest BCUT2D eigenvalue weighted by Gasteiger charge is 2.31. The molecule has 0 radical (unpaired) electrons. The fourth-order valence-electron chi connectivity index (χ4n) is 3.34. The summed E-state index contributed by atoms with van der Waals surface area (Å²) >= 11 is 0. The zero-order valence-electron chi connectivity index (χ0n) is 16.4. The van der Waals surface area contributed by atoms with Crippen molar-refractivity contribution >= 4 is 23.2 Å². The molecule has 2 amide bonds. The van der Waals surface area contributed by atoms with Gasteiger partial charge in [-0.05, 0) is 73.8 Å². The van der Waals surface area contributed by atoms with Gasteiger partial charge in [0.1, 0.15) is 5.75 Å². The van der Waals surface area contributed by atoms with E-state index in [1.165, 1.54) is 23.3 Å². The topological polar surface area (TPSA) is 70.7 Å². The van der Waals surface area contributed by atoms with Gasteiger partial charge >= 0.3 is 6.36 Å². The van der Waals surface area contributed by atoms with Gasteiger partial charge in [-0.15, -0.1) is 13.2 Å². The lowest BCUT2D eigenvalue weighted by Gasteiger charge is -2.16. The lowest BCUT2D eigenvalue weighted by atomic mass is 10.1. The number of aryl methyl sites for hydroxylation is 2. The van der Waals surface area contributed by atoms with Gasteiger partial charge in [0.05, 0.1) is 13.1 Å². The van der Waals surface area contributed by atoms with Crippen LogP contribution in [0.4, 0.5) is 24.5 Å². The van der Waals surface area contributed by atoms with Crippen LogP contribution in [0.2, 0.25) is 0 Å². The number of carbonyl (C=O) groups excluding carboxylic acids is 2. The quantitative estimate of drug-likeness (QED) is 0.717. The minimum atomic E-state index is -4.77. The third-order valence-electron chi connectivity index (χ3n) is 4.58. The second kappa shape index (κ2) is 9.17. The molecule has 0 aromatic heterocycles. The molecule has 2 N–H and O–H groups in total. The molecular weight excluding hydrogens is 399 g/mol. The average molecular weight is 421 g/mol. The maximum Gasteiger partial charge on any atom is 0.573 e. The molecule has 9 heteroatoms. The predicted octanol–water partition coefficient (Wildman–Crippen LogP) is 3.58. The first-order valence-corrected chi connectivity index (χ1v) is 9.44. The molecular formula is C21H22F3N3O3. The Morgan fingerprint density at radius 3 is 2.13 bits per heavy atom. The number of amides is 2. The van der Waals surface area contributed by atoms with Crippen molar-refractivity contribution in [3.63, 3.8) is 0 Å². The van der Waals surface area contributed by atoms with E-state index in [9.17, 15) is 22.8 Å². The normalized spacial score (nSPS) is 13.1. The third kappa shape index (κ3) is 6.48. The van der Waals surface area contributed by atoms with Gasteiger partial charge in [0.15, 0.2) is 0 Å². The monoisotopic (exact) mass is 421 g/mol. The van der Waals surface area contributed by atoms with Crippen molar-refractivity contribution in [2.75, 3.05) is 30.8 Å². The number of carbonyl (C=O) groups is 2. The highest BCUT2D eigenvalue weighted by molar-refractivity contribution is 5.94. The van der Waals surface area contributed by atoms with Crippen molar-refractivity contribution < 1.29 is 27.5 Å². The fraction of sp³-hybridized carbons (Fsp3) is 0.333. The SMILES string of the molecule is CN(CC(=O)Nc1ccc(OC(F)(F)F)cc1)CC(=O)Nc1ccc2c(c1)CCC2. The molecule has 2 aromatic rings. The maximum absolute atomic E-state index is 12.2. The molecule has 0 aliphatic heterocycles. The van der Waals surface area contributed by atoms with E-state index < -0.39 is 12.3 Å². The molecule has 160 valence electrons. The predicted molar refractivity (Wildman–Crippen MR) is 106 cm³/mol. The summed E-state index contributed by atoms with van der Waals surface area (Å²) in [4.78, 5) is 25.9. The summed E-state index contributed by atoms with van der Waals surface area (Å²) in [7, 11) is 1.63. The van der Waals surface area contributed by atoms with Gasteiger partial charge < -0.3 is 15.4 Å². The van der Waals surface area contributed by atoms with Crippen LogP contribution in [-0.2, 0) is 22.4 Å². The second-order valence-corrected chi connectivity index (χ2v) is 7.18. The molecule has 2 aromatic carbocycles. The average Bonchev–Trinajstić information content (AvgIpc) is 3.09. The van der Waals surface area contributed by atoms with Gasteiger partial charge in [0, 0.05) is 11.4 Å². The maximum atomic E-state index is 12.2. The molecule has 0 bridgehead atoms. The molecule has 0 heterocycles. The van der Waals surface area contributed by atoms with E-state index in [-0.39, 0.29) is 24.7 Å². The highest BCUT2D eigenvalue weighted by atomic mass is 19.4. The molecule has 1 aliphatic rings. The molecule has 0 saturated carbocycles. The molecule has 0 saturated heterocycles. The van der Waals surface area contributed by atoms with E-state index in [1.807, 2.05) is 18.2 Å². The van der Waals surface area contributed by atoms with E-state index in [2.05, 4.69) is 15.4 Å². The number of benzene rings is 2. The van der Waals surface area contributed by atoms with Crippen molar-refractivity contribution in [3.8, 4) is 5.75 Å². The van der Waals surface area contributed by atoms with Crippen LogP contribution in [0.25, 0.3) is 0 Å². The number of rotatable bonds is 7. The molecule has 6 nitrogen and oxygen atoms in total. The van der Waals surface area contributed by atoms with Gasteiger partial charge in [-0.3, -0.25) is 14.5 Å². The summed E-state index contributed by atoms with van der Waals surface area (Å²) in [5, 5.41) is 5.40. The number of nitrogens with one attached hydrogen (secondary N) is 2. The van der Waals surface area contributed by atoms with Gasteiger partial charge in [-0.2, -0.15) is 0 Å². The molecule has 30 heavy (non-hydrogen) atoms. The van der Waals surface area contributed by atoms with Crippen molar-refractivity contribution in [3.05, 3.63) is 53.6 Å². The Morgan fingerprint density at radius 2 is 1.50 bits per heavy atom. The summed E-state index contributed by atoms with van der Waals surface area (Å²) in [6, 6.07) is 10.7. The van der Waals surface area contributed by atoms with Crippen LogP contribution in [-0.4, -0.2) is 43.2 Å². The van der Waals surface area contributed by atoms with Gasteiger partial charge in [0.25, 0.3) is 0 Å². The summed E-state index contributed by atoms with van der Waals surface area (Å²) in [6.45, 7) is -0.0404. The first-order chi connectivity index (χ1) is 14.2. The smallest absolute Gasteiger partial charge is 0.406 e. The minimum absolute atomic E-state index is 0.0167. The third-order valence-corrected chi connectivity index (χ3v) is 4.58. The molecule has 0 spiro atoms. The number of nitrogens with zero attached hydrogens (tertiary/aromatic N) is 1. The largest absolute Gasteiger partial charge is 0.573 e. The second-order valence-electron chi connectivity index (χ2n) is 7.18. The van der Waals surface area contributed by atoms with Crippen LogP contribution in [0.3, 0.4) is 0 Å². The van der Waals surface area contributed by atoms with Crippen LogP contribution in [0.5, 0.6) is 5.75 Å². The van der Waals surface area contributed by atoms with Crippen LogP contribution in [0, 0.1) is 0 Å². The van der Waals surface area contributed by atoms with Crippen LogP contribution < -0.4 is 15.4 Å². The van der Waals surface area contributed by atoms with E-state index in [4.69, 9.17) is 0 Å². The number of anilines is 2. The molecule has 3 rings (SSSR count). The molecule has 0 atom stereocenters. The van der Waals surface area contributed by atoms with Crippen LogP contribution >= 0.6 is 0 Å². The van der Waals surface area contributed by atoms with Crippen molar-refractivity contribution in [1.29, 1.82) is 0 Å². The Balaban J connectivity index is 1.44. The van der Waals surface area contributed by atoms with Gasteiger partial charge in [-0.1, -0.05) is 6.07 Å². The summed E-state index contributed by atoms with van der Waals surface area (Å²) < 4.78 is 40.3. The van der Waals surface area contributed by atoms with E-state index in [0.29, 0.717) is 5.69 Å². The molecule has 0 fully saturated rings. The zero-order chi connectivity index (χ0) is 21.7. The van der Waals surface area contributed by atoms with E-state index in [1.54, 1.807) is 11.9 Å². The Bertz CT molecular complexity index is 914. The van der Waals surface area contributed by atoms with Gasteiger partial charge in [-0.25, -0.2) is 0 Å². The summed E-state index contributed by atoms with van der Waals surface area (Å²) in [5.74, 6) is -1.01. The number of likely N-dealkylation sites (N-methyl/N-ethyl adjacent to an activating group) is 1. The minimum Gasteiger partial charge on any atom is -0.406 e. The fourth-order valence-corrected chi connectivity index (χ4v) is 3.34. The van der Waals surface area contributed by atoms with Crippen molar-refractivity contribution in [2.24, 2.45) is 0 Å². The number of fused-ring (bicyclic) bond motifs is 1. The molecule has 0 unspecified atom stereocenters. The van der Waals surface area contributed by atoms with Crippen molar-refractivity contribution in [1.82, 2.24) is 4.90 Å². The zero-order valence-corrected chi connectivity index (χ0v) is 16.4. The molecule has 1 aliphatic carbocycles. The lowest BCUT2D eigenvalue weighted by Crippen LogP contribution is -2.36. The first-order valence-electron chi connectivity index (χ1n) is 9.44. The Hall–Kier alpha value is -3.07. The first kappa shape index (κ1) is 21.6. The number of hydrogen-bond donors (Lipinski definition) is 2. The van der Waals surface area contributed by atoms with Crippen molar-refractivity contribution in [2.45, 2.75) is 25.6 Å². The Morgan fingerprint density at radius 1 is 0.933 bits per heavy atom. The Labute approximate surface area is 172 Å². The number of hydrogen-bond acceptors (Lipinski definition) is 4. The summed E-state index contributed by atoms with van der Waals surface area (Å²) in [6.07, 6.45) is -1.56. The number of alkyl halides is 3.